The highest BCUT2D eigenvalue weighted by Gasteiger charge is 2.49. The van der Waals surface area contributed by atoms with Crippen molar-refractivity contribution in [2.75, 3.05) is 0 Å². The van der Waals surface area contributed by atoms with Gasteiger partial charge < -0.3 is 5.11 Å². The maximum absolute atomic E-state index is 11.1. The van der Waals surface area contributed by atoms with E-state index in [1.165, 1.54) is 0 Å². The van der Waals surface area contributed by atoms with Gasteiger partial charge in [-0.25, -0.2) is 4.79 Å². The fraction of sp³-hybridized carbons (Fsp3) is 0.222. The minimum atomic E-state index is -2.12. The normalized spacial score (nSPS) is 16.8. The molecule has 0 fully saturated rings. The summed E-state index contributed by atoms with van der Waals surface area (Å²) >= 11 is 22.7. The predicted octanol–water partition coefficient (Wildman–Crippen LogP) is 3.60. The summed E-state index contributed by atoms with van der Waals surface area (Å²) in [6.45, 7) is 0. The molecule has 0 aliphatic carbocycles. The second-order valence-electron chi connectivity index (χ2n) is 2.98. The fourth-order valence-corrected chi connectivity index (χ4v) is 2.01. The van der Waals surface area contributed by atoms with Crippen LogP contribution in [0.4, 0.5) is 0 Å². The number of rotatable bonds is 4. The lowest BCUT2D eigenvalue weighted by atomic mass is 10.1. The van der Waals surface area contributed by atoms with Crippen molar-refractivity contribution in [3.05, 3.63) is 35.9 Å². The van der Waals surface area contributed by atoms with Crippen LogP contribution >= 0.6 is 46.8 Å². The summed E-state index contributed by atoms with van der Waals surface area (Å²) in [6.07, 6.45) is 0. The van der Waals surface area contributed by atoms with Gasteiger partial charge in [0.1, 0.15) is 5.38 Å². The molecule has 0 saturated carbocycles. The van der Waals surface area contributed by atoms with Crippen LogP contribution in [0.2, 0.25) is 0 Å². The van der Waals surface area contributed by atoms with Crippen LogP contribution in [0, 0.1) is 0 Å². The van der Waals surface area contributed by atoms with Gasteiger partial charge in [0.25, 0.3) is 0 Å². The highest BCUT2D eigenvalue weighted by Crippen LogP contribution is 2.42. The van der Waals surface area contributed by atoms with Crippen LogP contribution in [0.1, 0.15) is 10.9 Å². The zero-order valence-corrected chi connectivity index (χ0v) is 10.8. The molecule has 16 heavy (non-hydrogen) atoms. The quantitative estimate of drug-likeness (QED) is 0.525. The molecule has 0 aromatic heterocycles. The van der Waals surface area contributed by atoms with E-state index in [1.807, 2.05) is 0 Å². The third-order valence-corrected chi connectivity index (χ3v) is 3.91. The van der Waals surface area contributed by atoms with Gasteiger partial charge >= 0.3 is 5.97 Å². The Morgan fingerprint density at radius 1 is 1.31 bits per heavy atom. The Bertz CT molecular complexity index is 373. The van der Waals surface area contributed by atoms with Gasteiger partial charge in [-0.05, 0) is 29.1 Å². The average molecular weight is 303 g/mol. The molecule has 1 N–H and O–H groups in total. The van der Waals surface area contributed by atoms with E-state index in [1.54, 1.807) is 30.3 Å². The minimum absolute atomic E-state index is 0.335. The molecule has 88 valence electrons. The number of benzene rings is 1. The maximum Gasteiger partial charge on any atom is 0.344 e. The monoisotopic (exact) mass is 301 g/mol. The number of carboxylic acid groups (broad SMARTS) is 1. The Kier molecular flexibility index (Phi) is 4.71. The lowest BCUT2D eigenvalue weighted by Crippen LogP contribution is -2.44. The first-order valence-electron chi connectivity index (χ1n) is 4.13. The van der Waals surface area contributed by atoms with E-state index < -0.39 is 16.3 Å². The second kappa shape index (κ2) is 5.43. The summed E-state index contributed by atoms with van der Waals surface area (Å²) < 4.78 is 0.335. The number of carbonyl (C=O) groups is 1. The summed E-state index contributed by atoms with van der Waals surface area (Å²) in [6, 6.07) is 8.44. The summed E-state index contributed by atoms with van der Waals surface area (Å²) in [5.74, 6) is -1.43. The molecule has 0 aliphatic heterocycles. The van der Waals surface area contributed by atoms with E-state index in [0.29, 0.717) is 9.50 Å². The van der Waals surface area contributed by atoms with Crippen LogP contribution in [-0.4, -0.2) is 20.0 Å². The molecule has 0 aliphatic rings. The van der Waals surface area contributed by atoms with Crippen molar-refractivity contribution in [1.29, 1.82) is 0 Å². The molecule has 1 rings (SSSR count). The molecule has 1 aromatic carbocycles. The first kappa shape index (κ1) is 13.9. The van der Waals surface area contributed by atoms with Gasteiger partial charge in [-0.2, -0.15) is 0 Å². The highest BCUT2D eigenvalue weighted by molar-refractivity contribution is 6.47. The van der Waals surface area contributed by atoms with E-state index >= 15 is 0 Å². The third-order valence-electron chi connectivity index (χ3n) is 1.97. The molecule has 0 spiro atoms. The van der Waals surface area contributed by atoms with E-state index in [0.717, 1.165) is 0 Å². The van der Waals surface area contributed by atoms with E-state index in [4.69, 9.17) is 51.9 Å². The summed E-state index contributed by atoms with van der Waals surface area (Å²) in [5, 5.41) is 7.91. The number of hydrogen-bond acceptors (Lipinski definition) is 2. The lowest BCUT2D eigenvalue weighted by Gasteiger charge is -2.29. The first-order valence-corrected chi connectivity index (χ1v) is 5.63. The average Bonchev–Trinajstić information content (AvgIpc) is 2.27. The zero-order valence-electron chi connectivity index (χ0n) is 7.78. The third kappa shape index (κ3) is 2.55. The number of alkyl halides is 2. The van der Waals surface area contributed by atoms with E-state index in [-0.39, 0.29) is 0 Å². The van der Waals surface area contributed by atoms with Gasteiger partial charge in [0, 0.05) is 0 Å². The van der Waals surface area contributed by atoms with Gasteiger partial charge in [0.05, 0.1) is 0 Å². The van der Waals surface area contributed by atoms with Gasteiger partial charge in [-0.1, -0.05) is 45.9 Å². The van der Waals surface area contributed by atoms with Crippen LogP contribution in [-0.2, 0) is 4.79 Å². The van der Waals surface area contributed by atoms with Crippen molar-refractivity contribution in [2.24, 2.45) is 0 Å². The van der Waals surface area contributed by atoms with Gasteiger partial charge in [-0.3, -0.25) is 0 Å². The standard InChI is InChI=1S/C9H7Cl4NO2/c10-7(6-4-2-1-3-5-6)9(11,8(15)16)14(12)13/h1-5,7H,(H,15,16)/t7?,9-/m0/s1. The van der Waals surface area contributed by atoms with Crippen LogP contribution < -0.4 is 0 Å². The minimum Gasteiger partial charge on any atom is -0.479 e. The largest absolute Gasteiger partial charge is 0.479 e. The molecule has 2 atom stereocenters. The first-order chi connectivity index (χ1) is 7.40. The fourth-order valence-electron chi connectivity index (χ4n) is 1.11. The predicted molar refractivity (Wildman–Crippen MR) is 64.8 cm³/mol. The van der Waals surface area contributed by atoms with Crippen LogP contribution in [0.15, 0.2) is 30.3 Å². The summed E-state index contributed by atoms with van der Waals surface area (Å²) in [5.41, 5.74) is 0.507. The van der Waals surface area contributed by atoms with E-state index in [9.17, 15) is 4.79 Å². The SMILES string of the molecule is O=C(O)[C@](Cl)(C(Cl)c1ccccc1)N(Cl)Cl. The molecule has 0 bridgehead atoms. The smallest absolute Gasteiger partial charge is 0.344 e. The van der Waals surface area contributed by atoms with Crippen LogP contribution in [0.5, 0.6) is 0 Å². The van der Waals surface area contributed by atoms with Crippen LogP contribution in [0.3, 0.4) is 0 Å². The molecule has 0 saturated heterocycles. The summed E-state index contributed by atoms with van der Waals surface area (Å²) in [7, 11) is 0. The Labute approximate surface area is 113 Å². The Morgan fingerprint density at radius 3 is 2.19 bits per heavy atom. The van der Waals surface area contributed by atoms with Crippen molar-refractivity contribution in [2.45, 2.75) is 10.4 Å². The van der Waals surface area contributed by atoms with Crippen molar-refractivity contribution >= 4 is 52.7 Å². The molecular weight excluding hydrogens is 296 g/mol. The number of carboxylic acids is 1. The molecule has 0 radical (unpaired) electrons. The topological polar surface area (TPSA) is 40.5 Å². The Balaban J connectivity index is 3.11. The van der Waals surface area contributed by atoms with E-state index in [2.05, 4.69) is 0 Å². The number of halogens is 4. The van der Waals surface area contributed by atoms with Gasteiger partial charge in [0.2, 0.25) is 5.00 Å². The number of hydrogen-bond donors (Lipinski definition) is 1. The molecule has 3 nitrogen and oxygen atoms in total. The van der Waals surface area contributed by atoms with Crippen molar-refractivity contribution in [3.63, 3.8) is 0 Å². The van der Waals surface area contributed by atoms with Gasteiger partial charge in [-0.15, -0.1) is 11.6 Å². The lowest BCUT2D eigenvalue weighted by molar-refractivity contribution is -0.142. The molecule has 0 heterocycles. The van der Waals surface area contributed by atoms with Crippen molar-refractivity contribution < 1.29 is 9.90 Å². The molecule has 1 unspecified atom stereocenters. The second-order valence-corrected chi connectivity index (χ2v) is 4.85. The van der Waals surface area contributed by atoms with Crippen molar-refractivity contribution in [1.82, 2.24) is 3.94 Å². The number of nitrogens with zero attached hydrogens (tertiary/aromatic N) is 1. The van der Waals surface area contributed by atoms with Crippen molar-refractivity contribution in [3.8, 4) is 0 Å². The molecular formula is C9H7Cl4NO2. The Hall–Kier alpha value is -0.190. The highest BCUT2D eigenvalue weighted by atomic mass is 35.5. The maximum atomic E-state index is 11.1. The molecule has 0 amide bonds. The van der Waals surface area contributed by atoms with Crippen LogP contribution in [0.25, 0.3) is 0 Å². The Morgan fingerprint density at radius 2 is 1.81 bits per heavy atom. The zero-order chi connectivity index (χ0) is 12.3. The molecule has 1 aromatic rings. The number of aliphatic carboxylic acids is 1. The molecule has 7 heteroatoms. The summed E-state index contributed by atoms with van der Waals surface area (Å²) in [4.78, 5) is 8.93. The van der Waals surface area contributed by atoms with Gasteiger partial charge in [0.15, 0.2) is 0 Å².